The van der Waals surface area contributed by atoms with E-state index in [9.17, 15) is 4.79 Å². The van der Waals surface area contributed by atoms with Gasteiger partial charge in [0.25, 0.3) is 0 Å². The molecule has 0 radical (unpaired) electrons. The maximum Gasteiger partial charge on any atom is 0.344 e. The molecule has 0 spiro atoms. The standard InChI is InChI=1S/C12H16O3/c1-3-8-14-12(13)9-15-11-7-5-4-6-10(11)2/h4-7H,3,8-9H2,1-2H3. The van der Waals surface area contributed by atoms with Crippen LogP contribution in [0.1, 0.15) is 18.9 Å². The Morgan fingerprint density at radius 1 is 1.33 bits per heavy atom. The van der Waals surface area contributed by atoms with E-state index in [1.54, 1.807) is 0 Å². The number of aryl methyl sites for hydroxylation is 1. The van der Waals surface area contributed by atoms with Crippen molar-refractivity contribution in [3.05, 3.63) is 29.8 Å². The highest BCUT2D eigenvalue weighted by Gasteiger charge is 2.04. The van der Waals surface area contributed by atoms with E-state index in [1.165, 1.54) is 0 Å². The van der Waals surface area contributed by atoms with Crippen LogP contribution in [0.3, 0.4) is 0 Å². The smallest absolute Gasteiger partial charge is 0.344 e. The van der Waals surface area contributed by atoms with Crippen molar-refractivity contribution in [2.24, 2.45) is 0 Å². The van der Waals surface area contributed by atoms with Crippen LogP contribution in [-0.4, -0.2) is 19.2 Å². The molecule has 1 rings (SSSR count). The van der Waals surface area contributed by atoms with Crippen LogP contribution in [0.5, 0.6) is 5.75 Å². The molecular formula is C12H16O3. The van der Waals surface area contributed by atoms with E-state index < -0.39 is 0 Å². The zero-order valence-electron chi connectivity index (χ0n) is 9.16. The summed E-state index contributed by atoms with van der Waals surface area (Å²) in [5, 5.41) is 0. The van der Waals surface area contributed by atoms with Crippen LogP contribution in [0.2, 0.25) is 0 Å². The average Bonchev–Trinajstić information content (AvgIpc) is 2.25. The summed E-state index contributed by atoms with van der Waals surface area (Å²) in [6, 6.07) is 7.58. The number of carbonyl (C=O) groups is 1. The van der Waals surface area contributed by atoms with E-state index in [1.807, 2.05) is 38.1 Å². The predicted octanol–water partition coefficient (Wildman–Crippen LogP) is 2.33. The van der Waals surface area contributed by atoms with Crippen LogP contribution in [0.25, 0.3) is 0 Å². The highest BCUT2D eigenvalue weighted by Crippen LogP contribution is 2.15. The van der Waals surface area contributed by atoms with Crippen LogP contribution in [0.15, 0.2) is 24.3 Å². The lowest BCUT2D eigenvalue weighted by atomic mass is 10.2. The summed E-state index contributed by atoms with van der Waals surface area (Å²) in [6.45, 7) is 4.32. The molecule has 0 aromatic heterocycles. The summed E-state index contributed by atoms with van der Waals surface area (Å²) < 4.78 is 10.2. The van der Waals surface area contributed by atoms with Crippen molar-refractivity contribution in [2.75, 3.05) is 13.2 Å². The fourth-order valence-electron chi connectivity index (χ4n) is 1.11. The number of hydrogen-bond acceptors (Lipinski definition) is 3. The van der Waals surface area contributed by atoms with Crippen molar-refractivity contribution >= 4 is 5.97 Å². The molecule has 15 heavy (non-hydrogen) atoms. The van der Waals surface area contributed by atoms with Crippen LogP contribution < -0.4 is 4.74 Å². The SMILES string of the molecule is CCCOC(=O)COc1ccccc1C. The van der Waals surface area contributed by atoms with Crippen LogP contribution in [0, 0.1) is 6.92 Å². The molecule has 1 aromatic rings. The van der Waals surface area contributed by atoms with E-state index in [2.05, 4.69) is 0 Å². The Bertz CT molecular complexity index is 320. The maximum atomic E-state index is 11.1. The molecule has 3 nitrogen and oxygen atoms in total. The number of hydrogen-bond donors (Lipinski definition) is 0. The van der Waals surface area contributed by atoms with Crippen molar-refractivity contribution in [2.45, 2.75) is 20.3 Å². The monoisotopic (exact) mass is 208 g/mol. The van der Waals surface area contributed by atoms with E-state index in [-0.39, 0.29) is 12.6 Å². The average molecular weight is 208 g/mol. The zero-order valence-corrected chi connectivity index (χ0v) is 9.16. The van der Waals surface area contributed by atoms with Crippen LogP contribution in [-0.2, 0) is 9.53 Å². The van der Waals surface area contributed by atoms with Crippen LogP contribution in [0.4, 0.5) is 0 Å². The second-order valence-corrected chi connectivity index (χ2v) is 3.27. The first-order chi connectivity index (χ1) is 7.24. The van der Waals surface area contributed by atoms with Gasteiger partial charge in [-0.25, -0.2) is 4.79 Å². The van der Waals surface area contributed by atoms with Gasteiger partial charge in [0.05, 0.1) is 6.61 Å². The lowest BCUT2D eigenvalue weighted by Gasteiger charge is -2.08. The Morgan fingerprint density at radius 3 is 2.73 bits per heavy atom. The molecule has 0 amide bonds. The molecule has 0 aliphatic carbocycles. The van der Waals surface area contributed by atoms with Gasteiger partial charge in [0.1, 0.15) is 5.75 Å². The molecule has 0 fully saturated rings. The zero-order chi connectivity index (χ0) is 11.1. The van der Waals surface area contributed by atoms with E-state index in [4.69, 9.17) is 9.47 Å². The fourth-order valence-corrected chi connectivity index (χ4v) is 1.11. The molecule has 0 unspecified atom stereocenters. The van der Waals surface area contributed by atoms with Crippen LogP contribution >= 0.6 is 0 Å². The van der Waals surface area contributed by atoms with Crippen molar-refractivity contribution in [3.63, 3.8) is 0 Å². The Kier molecular flexibility index (Phi) is 4.68. The molecular weight excluding hydrogens is 192 g/mol. The number of para-hydroxylation sites is 1. The third-order valence-electron chi connectivity index (χ3n) is 1.91. The molecule has 0 heterocycles. The molecule has 0 N–H and O–H groups in total. The first-order valence-corrected chi connectivity index (χ1v) is 5.08. The largest absolute Gasteiger partial charge is 0.482 e. The third kappa shape index (κ3) is 4.02. The molecule has 0 bridgehead atoms. The number of ether oxygens (including phenoxy) is 2. The summed E-state index contributed by atoms with van der Waals surface area (Å²) in [7, 11) is 0. The Labute approximate surface area is 90.0 Å². The summed E-state index contributed by atoms with van der Waals surface area (Å²) in [5.74, 6) is 0.408. The molecule has 1 aromatic carbocycles. The maximum absolute atomic E-state index is 11.1. The second kappa shape index (κ2) is 6.06. The molecule has 0 saturated carbocycles. The predicted molar refractivity (Wildman–Crippen MR) is 57.9 cm³/mol. The minimum Gasteiger partial charge on any atom is -0.482 e. The molecule has 0 saturated heterocycles. The minimum atomic E-state index is -0.319. The number of rotatable bonds is 5. The van der Waals surface area contributed by atoms with Gasteiger partial charge in [-0.2, -0.15) is 0 Å². The highest BCUT2D eigenvalue weighted by molar-refractivity contribution is 5.71. The minimum absolute atomic E-state index is 0.0230. The molecule has 0 atom stereocenters. The van der Waals surface area contributed by atoms with E-state index in [0.29, 0.717) is 6.61 Å². The van der Waals surface area contributed by atoms with E-state index >= 15 is 0 Å². The number of benzene rings is 1. The summed E-state index contributed by atoms with van der Waals surface area (Å²) >= 11 is 0. The van der Waals surface area contributed by atoms with Gasteiger partial charge >= 0.3 is 5.97 Å². The first-order valence-electron chi connectivity index (χ1n) is 5.08. The summed E-state index contributed by atoms with van der Waals surface area (Å²) in [5.41, 5.74) is 1.01. The lowest BCUT2D eigenvalue weighted by Crippen LogP contribution is -2.15. The number of esters is 1. The molecule has 0 aliphatic heterocycles. The van der Waals surface area contributed by atoms with E-state index in [0.717, 1.165) is 17.7 Å². The van der Waals surface area contributed by atoms with Gasteiger partial charge < -0.3 is 9.47 Å². The topological polar surface area (TPSA) is 35.5 Å². The van der Waals surface area contributed by atoms with Gasteiger partial charge in [0.2, 0.25) is 0 Å². The Hall–Kier alpha value is -1.51. The van der Waals surface area contributed by atoms with Gasteiger partial charge in [-0.3, -0.25) is 0 Å². The van der Waals surface area contributed by atoms with Gasteiger partial charge in [0.15, 0.2) is 6.61 Å². The second-order valence-electron chi connectivity index (χ2n) is 3.27. The molecule has 82 valence electrons. The van der Waals surface area contributed by atoms with Gasteiger partial charge in [-0.1, -0.05) is 25.1 Å². The number of carbonyl (C=O) groups excluding carboxylic acids is 1. The molecule has 0 aliphatic rings. The van der Waals surface area contributed by atoms with Gasteiger partial charge in [-0.05, 0) is 25.0 Å². The first kappa shape index (κ1) is 11.6. The fraction of sp³-hybridized carbons (Fsp3) is 0.417. The van der Waals surface area contributed by atoms with Crippen molar-refractivity contribution < 1.29 is 14.3 Å². The highest BCUT2D eigenvalue weighted by atomic mass is 16.6. The normalized spacial score (nSPS) is 9.73. The third-order valence-corrected chi connectivity index (χ3v) is 1.91. The Morgan fingerprint density at radius 2 is 2.07 bits per heavy atom. The Balaban J connectivity index is 2.37. The van der Waals surface area contributed by atoms with Crippen molar-refractivity contribution in [1.29, 1.82) is 0 Å². The van der Waals surface area contributed by atoms with Crippen molar-refractivity contribution in [1.82, 2.24) is 0 Å². The quantitative estimate of drug-likeness (QED) is 0.697. The summed E-state index contributed by atoms with van der Waals surface area (Å²) in [6.07, 6.45) is 0.829. The summed E-state index contributed by atoms with van der Waals surface area (Å²) in [4.78, 5) is 11.1. The molecule has 3 heteroatoms. The van der Waals surface area contributed by atoms with Gasteiger partial charge in [-0.15, -0.1) is 0 Å². The van der Waals surface area contributed by atoms with Crippen molar-refractivity contribution in [3.8, 4) is 5.75 Å². The van der Waals surface area contributed by atoms with Gasteiger partial charge in [0, 0.05) is 0 Å². The lowest BCUT2D eigenvalue weighted by molar-refractivity contribution is -0.146.